The number of urea groups is 1. The van der Waals surface area contributed by atoms with Gasteiger partial charge in [0.05, 0.1) is 13.2 Å². The van der Waals surface area contributed by atoms with Crippen molar-refractivity contribution in [1.29, 1.82) is 0 Å². The minimum absolute atomic E-state index is 0.244. The van der Waals surface area contributed by atoms with Crippen molar-refractivity contribution in [3.05, 3.63) is 5.82 Å². The maximum absolute atomic E-state index is 11.9. The quantitative estimate of drug-likeness (QED) is 0.0924. The first-order chi connectivity index (χ1) is 16.3. The largest absolute Gasteiger partial charge is 0.337 e. The molecule has 3 N–H and O–H groups in total. The SMILES string of the molecule is CCCCCCCCCCCCCCCCNC(=O)NNc1nc(CCCOOCC)ns1. The van der Waals surface area contributed by atoms with E-state index >= 15 is 0 Å². The molecule has 0 saturated carbocycles. The minimum atomic E-state index is -0.244. The molecular formula is C24H47N5O3S. The van der Waals surface area contributed by atoms with E-state index in [1.54, 1.807) is 0 Å². The van der Waals surface area contributed by atoms with Crippen molar-refractivity contribution in [2.45, 2.75) is 117 Å². The summed E-state index contributed by atoms with van der Waals surface area (Å²) in [5, 5.41) is 3.44. The predicted octanol–water partition coefficient (Wildman–Crippen LogP) is 6.55. The molecule has 33 heavy (non-hydrogen) atoms. The first-order valence-electron chi connectivity index (χ1n) is 13.1. The van der Waals surface area contributed by atoms with Crippen molar-refractivity contribution in [3.63, 3.8) is 0 Å². The van der Waals surface area contributed by atoms with Crippen molar-refractivity contribution >= 4 is 22.7 Å². The summed E-state index contributed by atoms with van der Waals surface area (Å²) in [6, 6.07) is -0.244. The second kappa shape index (κ2) is 22.3. The molecule has 0 atom stereocenters. The van der Waals surface area contributed by atoms with Crippen LogP contribution in [0.25, 0.3) is 0 Å². The van der Waals surface area contributed by atoms with Crippen molar-refractivity contribution in [1.82, 2.24) is 20.1 Å². The summed E-state index contributed by atoms with van der Waals surface area (Å²) in [6.07, 6.45) is 20.1. The standard InChI is InChI=1S/C24H47N5O3S/c1-3-5-6-7-8-9-10-11-12-13-14-15-16-17-20-25-23(30)27-28-24-26-22(29-33-24)19-18-21-32-31-4-2/h3-21H2,1-2H3,(H2,25,27,30)(H,26,28,29). The van der Waals surface area contributed by atoms with Crippen LogP contribution in [0.1, 0.15) is 116 Å². The van der Waals surface area contributed by atoms with Crippen LogP contribution in [0.2, 0.25) is 0 Å². The van der Waals surface area contributed by atoms with E-state index in [2.05, 4.69) is 32.4 Å². The number of rotatable bonds is 23. The zero-order chi connectivity index (χ0) is 23.8. The Morgan fingerprint density at radius 1 is 0.818 bits per heavy atom. The van der Waals surface area contributed by atoms with Crippen molar-refractivity contribution in [3.8, 4) is 0 Å². The van der Waals surface area contributed by atoms with Crippen LogP contribution in [0.3, 0.4) is 0 Å². The van der Waals surface area contributed by atoms with Gasteiger partial charge in [0.2, 0.25) is 5.13 Å². The second-order valence-corrected chi connectivity index (χ2v) is 9.20. The topological polar surface area (TPSA) is 97.4 Å². The van der Waals surface area contributed by atoms with Gasteiger partial charge in [-0.25, -0.2) is 25.0 Å². The Kier molecular flexibility index (Phi) is 20.0. The van der Waals surface area contributed by atoms with Gasteiger partial charge in [-0.15, -0.1) is 0 Å². The van der Waals surface area contributed by atoms with Crippen LogP contribution < -0.4 is 16.2 Å². The summed E-state index contributed by atoms with van der Waals surface area (Å²) in [5.74, 6) is 0.729. The van der Waals surface area contributed by atoms with E-state index in [1.807, 2.05) is 6.92 Å². The number of hydrogen-bond acceptors (Lipinski definition) is 7. The lowest BCUT2D eigenvalue weighted by atomic mass is 10.0. The molecule has 0 aliphatic carbocycles. The fraction of sp³-hybridized carbons (Fsp3) is 0.875. The van der Waals surface area contributed by atoms with Gasteiger partial charge in [-0.2, -0.15) is 4.37 Å². The number of nitrogens with zero attached hydrogens (tertiary/aromatic N) is 2. The first-order valence-corrected chi connectivity index (χ1v) is 13.9. The van der Waals surface area contributed by atoms with Gasteiger partial charge >= 0.3 is 6.03 Å². The van der Waals surface area contributed by atoms with Gasteiger partial charge in [0.15, 0.2) is 0 Å². The van der Waals surface area contributed by atoms with Crippen LogP contribution in [0.15, 0.2) is 0 Å². The van der Waals surface area contributed by atoms with E-state index in [9.17, 15) is 4.79 Å². The molecule has 1 aromatic rings. The molecule has 192 valence electrons. The number of amides is 2. The third kappa shape index (κ3) is 18.6. The fourth-order valence-corrected chi connectivity index (χ4v) is 4.08. The molecule has 2 amide bonds. The van der Waals surface area contributed by atoms with E-state index in [-0.39, 0.29) is 6.03 Å². The summed E-state index contributed by atoms with van der Waals surface area (Å²) >= 11 is 1.22. The van der Waals surface area contributed by atoms with Crippen LogP contribution >= 0.6 is 11.5 Å². The van der Waals surface area contributed by atoms with E-state index in [0.29, 0.717) is 31.3 Å². The number of nitrogens with one attached hydrogen (secondary N) is 3. The number of anilines is 1. The smallest absolute Gasteiger partial charge is 0.333 e. The van der Waals surface area contributed by atoms with Crippen LogP contribution in [0, 0.1) is 0 Å². The molecule has 8 nitrogen and oxygen atoms in total. The predicted molar refractivity (Wildman–Crippen MR) is 136 cm³/mol. The summed E-state index contributed by atoms with van der Waals surface area (Å²) in [7, 11) is 0. The highest BCUT2D eigenvalue weighted by Crippen LogP contribution is 2.13. The first kappa shape index (κ1) is 29.6. The maximum Gasteiger partial charge on any atom is 0.333 e. The van der Waals surface area contributed by atoms with Gasteiger partial charge in [-0.1, -0.05) is 90.4 Å². The normalized spacial score (nSPS) is 11.0. The highest BCUT2D eigenvalue weighted by molar-refractivity contribution is 7.09. The number of aromatic nitrogens is 2. The maximum atomic E-state index is 11.9. The summed E-state index contributed by atoms with van der Waals surface area (Å²) in [6.45, 7) is 5.88. The van der Waals surface area contributed by atoms with Gasteiger partial charge in [0.1, 0.15) is 5.82 Å². The highest BCUT2D eigenvalue weighted by atomic mass is 32.1. The van der Waals surface area contributed by atoms with Crippen molar-refractivity contribution < 1.29 is 14.6 Å². The molecule has 0 spiro atoms. The molecular weight excluding hydrogens is 438 g/mol. The average molecular weight is 486 g/mol. The average Bonchev–Trinajstić information content (AvgIpc) is 3.28. The number of carbonyl (C=O) groups is 1. The third-order valence-corrected chi connectivity index (χ3v) is 6.06. The third-order valence-electron chi connectivity index (χ3n) is 5.40. The molecule has 0 aliphatic rings. The molecule has 0 aromatic carbocycles. The Bertz CT molecular complexity index is 574. The Morgan fingerprint density at radius 3 is 2.03 bits per heavy atom. The summed E-state index contributed by atoms with van der Waals surface area (Å²) in [5.41, 5.74) is 5.41. The lowest BCUT2D eigenvalue weighted by Crippen LogP contribution is -2.39. The Balaban J connectivity index is 1.86. The zero-order valence-corrected chi connectivity index (χ0v) is 21.8. The minimum Gasteiger partial charge on any atom is -0.337 e. The van der Waals surface area contributed by atoms with Crippen LogP contribution in [0.5, 0.6) is 0 Å². The lowest BCUT2D eigenvalue weighted by Gasteiger charge is -2.07. The van der Waals surface area contributed by atoms with E-state index in [4.69, 9.17) is 9.78 Å². The Hall–Kier alpha value is -1.45. The van der Waals surface area contributed by atoms with Crippen molar-refractivity contribution in [2.75, 3.05) is 25.2 Å². The van der Waals surface area contributed by atoms with Crippen LogP contribution in [-0.2, 0) is 16.2 Å². The number of hydrogen-bond donors (Lipinski definition) is 3. The van der Waals surface area contributed by atoms with Crippen LogP contribution in [-0.4, -0.2) is 35.1 Å². The van der Waals surface area contributed by atoms with E-state index in [1.165, 1.54) is 88.6 Å². The van der Waals surface area contributed by atoms with Gasteiger partial charge in [-0.05, 0) is 19.8 Å². The molecule has 0 unspecified atom stereocenters. The Morgan fingerprint density at radius 2 is 1.42 bits per heavy atom. The van der Waals surface area contributed by atoms with Gasteiger partial charge < -0.3 is 5.32 Å². The molecule has 9 heteroatoms. The molecule has 0 fully saturated rings. The lowest BCUT2D eigenvalue weighted by molar-refractivity contribution is -0.291. The molecule has 1 rings (SSSR count). The molecule has 1 heterocycles. The van der Waals surface area contributed by atoms with Gasteiger partial charge in [-0.3, -0.25) is 5.43 Å². The number of unbranched alkanes of at least 4 members (excludes halogenated alkanes) is 13. The van der Waals surface area contributed by atoms with Gasteiger partial charge in [0, 0.05) is 24.5 Å². The molecule has 1 aromatic heterocycles. The monoisotopic (exact) mass is 485 g/mol. The summed E-state index contributed by atoms with van der Waals surface area (Å²) < 4.78 is 4.26. The molecule has 0 saturated heterocycles. The second-order valence-electron chi connectivity index (χ2n) is 8.45. The van der Waals surface area contributed by atoms with E-state index in [0.717, 1.165) is 25.1 Å². The fourth-order valence-electron chi connectivity index (χ4n) is 3.51. The summed E-state index contributed by atoms with van der Waals surface area (Å²) in [4.78, 5) is 26.0. The number of aryl methyl sites for hydroxylation is 1. The highest BCUT2D eigenvalue weighted by Gasteiger charge is 2.05. The van der Waals surface area contributed by atoms with E-state index < -0.39 is 0 Å². The van der Waals surface area contributed by atoms with Crippen LogP contribution in [0.4, 0.5) is 9.93 Å². The number of hydrazine groups is 1. The van der Waals surface area contributed by atoms with Gasteiger partial charge in [0.25, 0.3) is 0 Å². The molecule has 0 bridgehead atoms. The number of carbonyl (C=O) groups excluding carboxylic acids is 1. The Labute approximate surface area is 205 Å². The van der Waals surface area contributed by atoms with Crippen molar-refractivity contribution in [2.24, 2.45) is 0 Å². The zero-order valence-electron chi connectivity index (χ0n) is 21.0. The molecule has 0 aliphatic heterocycles. The molecule has 0 radical (unpaired) electrons.